The largest absolute Gasteiger partial charge is 0.491 e. The Balaban J connectivity index is 0.845. The molecule has 3 atom stereocenters. The number of carbonyl (C=O) groups excluding carboxylic acids is 4. The van der Waals surface area contributed by atoms with Crippen molar-refractivity contribution in [3.8, 4) is 28.0 Å². The van der Waals surface area contributed by atoms with Crippen LogP contribution in [0.25, 0.3) is 10.4 Å². The Bertz CT molecular complexity index is 2850. The number of hydrogen-bond donors (Lipinski definition) is 3. The molecule has 15 nitrogen and oxygen atoms in total. The van der Waals surface area contributed by atoms with Crippen LogP contribution in [0.4, 0.5) is 24.5 Å². The van der Waals surface area contributed by atoms with Crippen LogP contribution in [0.2, 0.25) is 0 Å². The highest BCUT2D eigenvalue weighted by Gasteiger charge is 2.51. The van der Waals surface area contributed by atoms with Gasteiger partial charge < -0.3 is 39.8 Å². The first-order valence-electron chi connectivity index (χ1n) is 23.0. The Hall–Kier alpha value is -6.92. The van der Waals surface area contributed by atoms with Crippen molar-refractivity contribution in [3.05, 3.63) is 124 Å². The minimum absolute atomic E-state index is 0.0254. The minimum atomic E-state index is -4.81. The van der Waals surface area contributed by atoms with Gasteiger partial charge in [0.15, 0.2) is 5.11 Å². The fourth-order valence-electron chi connectivity index (χ4n) is 8.39. The van der Waals surface area contributed by atoms with E-state index in [4.69, 9.17) is 26.4 Å². The number of aliphatic hydroxyl groups is 1. The summed E-state index contributed by atoms with van der Waals surface area (Å²) in [6.07, 6.45) is -5.65. The highest BCUT2D eigenvalue weighted by atomic mass is 32.1. The Labute approximate surface area is 424 Å². The lowest BCUT2D eigenvalue weighted by molar-refractivity contribution is -0.142. The number of aromatic nitrogens is 1. The number of nitriles is 1. The average molecular weight is 1030 g/mol. The number of thiocarbonyl (C=S) groups is 1. The Morgan fingerprint density at radius 1 is 0.931 bits per heavy atom. The molecule has 3 N–H and O–H groups in total. The lowest BCUT2D eigenvalue weighted by atomic mass is 9.85. The lowest BCUT2D eigenvalue weighted by Gasteiger charge is -2.35. The molecule has 0 aliphatic carbocycles. The SMILES string of the molecule is Cc1ncsc1-c1ccc(CNC(=O)[C@@H]2C[C@@H](O)CN2C(=O)C(NC(=O)c2ccc(OCCOCCOc3ccc(N4C(=S)N(c5ccc(C#N)c(C(F)(F)F)c5)C(=O)C4(C)C)cc3)cc2)C(C)(C)C)cc1. The summed E-state index contributed by atoms with van der Waals surface area (Å²) in [5.41, 5.74) is 1.61. The van der Waals surface area contributed by atoms with E-state index in [-0.39, 0.29) is 62.3 Å². The number of nitrogens with one attached hydrogen (secondary N) is 2. The predicted octanol–water partition coefficient (Wildman–Crippen LogP) is 7.82. The number of benzene rings is 4. The van der Waals surface area contributed by atoms with Gasteiger partial charge in [-0.25, -0.2) is 4.98 Å². The van der Waals surface area contributed by atoms with Crippen molar-refractivity contribution >= 4 is 63.7 Å². The molecule has 4 amide bonds. The van der Waals surface area contributed by atoms with Gasteiger partial charge in [0.25, 0.3) is 11.8 Å². The number of thiazole rings is 1. The Morgan fingerprint density at radius 3 is 2.11 bits per heavy atom. The molecule has 2 aliphatic heterocycles. The van der Waals surface area contributed by atoms with Crippen LogP contribution in [-0.2, 0) is 31.8 Å². The van der Waals surface area contributed by atoms with Crippen LogP contribution < -0.4 is 29.9 Å². The van der Waals surface area contributed by atoms with Crippen molar-refractivity contribution in [2.24, 2.45) is 5.41 Å². The Morgan fingerprint density at radius 2 is 1.54 bits per heavy atom. The molecule has 0 saturated carbocycles. The average Bonchev–Trinajstić information content (AvgIpc) is 4.01. The van der Waals surface area contributed by atoms with Crippen molar-refractivity contribution < 1.29 is 51.7 Å². The maximum Gasteiger partial charge on any atom is 0.417 e. The van der Waals surface area contributed by atoms with Crippen molar-refractivity contribution in [1.82, 2.24) is 20.5 Å². The van der Waals surface area contributed by atoms with Crippen LogP contribution in [0, 0.1) is 23.7 Å². The first-order valence-corrected chi connectivity index (χ1v) is 24.3. The van der Waals surface area contributed by atoms with Gasteiger partial charge in [-0.1, -0.05) is 45.0 Å². The number of hydrogen-bond acceptors (Lipinski definition) is 12. The number of amides is 4. The smallest absolute Gasteiger partial charge is 0.417 e. The molecule has 0 spiro atoms. The van der Waals surface area contributed by atoms with E-state index < -0.39 is 70.1 Å². The number of carbonyl (C=O) groups is 4. The maximum absolute atomic E-state index is 14.1. The summed E-state index contributed by atoms with van der Waals surface area (Å²) < 4.78 is 58.5. The summed E-state index contributed by atoms with van der Waals surface area (Å²) in [7, 11) is 0. The first kappa shape index (κ1) is 52.9. The second kappa shape index (κ2) is 21.8. The van der Waals surface area contributed by atoms with Gasteiger partial charge in [-0.15, -0.1) is 11.3 Å². The number of nitrogens with zero attached hydrogens (tertiary/aromatic N) is 5. The van der Waals surface area contributed by atoms with Gasteiger partial charge in [0.1, 0.15) is 42.3 Å². The standard InChI is InChI=1S/C52H54F3N7O8S2/c1-31-43(72-30-58-31)33-9-7-32(8-10-33)28-57-46(65)42-26-38(63)29-60(42)47(66)44(50(2,3)4)59-45(64)34-12-17-39(18-13-34)69-23-21-68-22-24-70-40-19-15-36(16-20-40)62-49(71)61(48(67)51(62,5)6)37-14-11-35(27-56)41(25-37)52(53,54)55/h7-20,25,30,38,42,44,63H,21-24,26,28-29H2,1-6H3,(H,57,65)(H,59,64)/t38-,42+,44?/m1/s1. The third-order valence-corrected chi connectivity index (χ3v) is 13.6. The molecule has 1 aromatic heterocycles. The molecule has 72 heavy (non-hydrogen) atoms. The molecule has 5 aromatic rings. The van der Waals surface area contributed by atoms with E-state index in [0.29, 0.717) is 17.2 Å². The summed E-state index contributed by atoms with van der Waals surface area (Å²) >= 11 is 7.18. The molecule has 378 valence electrons. The maximum atomic E-state index is 14.1. The number of likely N-dealkylation sites (tertiary alicyclic amines) is 1. The topological polar surface area (TPSA) is 187 Å². The molecule has 1 unspecified atom stereocenters. The molecule has 2 fully saturated rings. The number of rotatable bonds is 17. The number of ether oxygens (including phenoxy) is 3. The Kier molecular flexibility index (Phi) is 16.0. The van der Waals surface area contributed by atoms with Crippen LogP contribution in [0.1, 0.15) is 73.8 Å². The van der Waals surface area contributed by atoms with E-state index in [1.54, 1.807) is 84.1 Å². The van der Waals surface area contributed by atoms with Crippen LogP contribution in [0.3, 0.4) is 0 Å². The van der Waals surface area contributed by atoms with E-state index in [0.717, 1.165) is 38.7 Å². The molecule has 2 saturated heterocycles. The lowest BCUT2D eigenvalue weighted by Crippen LogP contribution is -2.57. The van der Waals surface area contributed by atoms with E-state index >= 15 is 0 Å². The van der Waals surface area contributed by atoms with Crippen LogP contribution in [0.5, 0.6) is 11.5 Å². The molecule has 7 rings (SSSR count). The molecule has 0 radical (unpaired) electrons. The van der Waals surface area contributed by atoms with Crippen LogP contribution in [-0.4, -0.2) is 100 Å². The van der Waals surface area contributed by atoms with Gasteiger partial charge in [0.2, 0.25) is 11.8 Å². The van der Waals surface area contributed by atoms with Crippen molar-refractivity contribution in [2.45, 2.75) is 84.4 Å². The molecule has 2 aliphatic rings. The zero-order chi connectivity index (χ0) is 52.1. The zero-order valence-corrected chi connectivity index (χ0v) is 42.0. The van der Waals surface area contributed by atoms with Gasteiger partial charge in [-0.05, 0) is 116 Å². The van der Waals surface area contributed by atoms with Crippen molar-refractivity contribution in [3.63, 3.8) is 0 Å². The number of aliphatic hydroxyl groups excluding tert-OH is 1. The normalized spacial score (nSPS) is 17.2. The summed E-state index contributed by atoms with van der Waals surface area (Å²) in [4.78, 5) is 64.0. The second-order valence-corrected chi connectivity index (χ2v) is 20.1. The molecule has 20 heteroatoms. The van der Waals surface area contributed by atoms with Crippen LogP contribution in [0.15, 0.2) is 96.5 Å². The molecular formula is C52H54F3N7O8S2. The number of anilines is 2. The fraction of sp³-hybridized carbons (Fsp3) is 0.365. The highest BCUT2D eigenvalue weighted by Crippen LogP contribution is 2.40. The molecule has 0 bridgehead atoms. The van der Waals surface area contributed by atoms with E-state index in [2.05, 4.69) is 15.6 Å². The third kappa shape index (κ3) is 11.9. The summed E-state index contributed by atoms with van der Waals surface area (Å²) in [5.74, 6) is -0.936. The monoisotopic (exact) mass is 1030 g/mol. The summed E-state index contributed by atoms with van der Waals surface area (Å²) in [6, 6.07) is 23.5. The summed E-state index contributed by atoms with van der Waals surface area (Å²) in [5, 5.41) is 25.6. The van der Waals surface area contributed by atoms with Gasteiger partial charge in [-0.2, -0.15) is 18.4 Å². The summed E-state index contributed by atoms with van der Waals surface area (Å²) in [6.45, 7) is 11.6. The zero-order valence-electron chi connectivity index (χ0n) is 40.4. The van der Waals surface area contributed by atoms with Gasteiger partial charge in [0, 0.05) is 30.8 Å². The predicted molar refractivity (Wildman–Crippen MR) is 268 cm³/mol. The van der Waals surface area contributed by atoms with Gasteiger partial charge in [0.05, 0.1) is 58.3 Å². The number of alkyl halides is 3. The number of aryl methyl sites for hydroxylation is 1. The van der Waals surface area contributed by atoms with E-state index in [1.807, 2.05) is 52.0 Å². The number of β-amino-alcohol motifs (C(OH)–C–C–N with tert-alkyl or cyclic N) is 1. The third-order valence-electron chi connectivity index (χ3n) is 12.2. The van der Waals surface area contributed by atoms with Crippen LogP contribution >= 0.6 is 23.6 Å². The van der Waals surface area contributed by atoms with Gasteiger partial charge in [-0.3, -0.25) is 24.1 Å². The molecule has 3 heterocycles. The quantitative estimate of drug-likeness (QED) is 0.0607. The number of halogens is 3. The second-order valence-electron chi connectivity index (χ2n) is 18.8. The minimum Gasteiger partial charge on any atom is -0.491 e. The highest BCUT2D eigenvalue weighted by molar-refractivity contribution is 7.81. The molecule has 4 aromatic carbocycles. The van der Waals surface area contributed by atoms with Crippen molar-refractivity contribution in [1.29, 1.82) is 5.26 Å². The van der Waals surface area contributed by atoms with Crippen molar-refractivity contribution in [2.75, 3.05) is 42.8 Å². The van der Waals surface area contributed by atoms with Gasteiger partial charge >= 0.3 is 6.18 Å². The van der Waals surface area contributed by atoms with E-state index in [9.17, 15) is 42.7 Å². The van der Waals surface area contributed by atoms with E-state index in [1.165, 1.54) is 17.0 Å². The first-order chi connectivity index (χ1) is 34.1. The fourth-order valence-corrected chi connectivity index (χ4v) is 9.72. The molecular weight excluding hydrogens is 972 g/mol.